The van der Waals surface area contributed by atoms with E-state index in [1.165, 1.54) is 0 Å². The molecule has 6 nitrogen and oxygen atoms in total. The highest BCUT2D eigenvalue weighted by molar-refractivity contribution is 9.10. The molecule has 0 unspecified atom stereocenters. The van der Waals surface area contributed by atoms with Crippen LogP contribution in [-0.4, -0.2) is 33.5 Å². The van der Waals surface area contributed by atoms with Crippen LogP contribution < -0.4 is 10.3 Å². The lowest BCUT2D eigenvalue weighted by atomic mass is 10.1. The van der Waals surface area contributed by atoms with Crippen LogP contribution in [0, 0.1) is 0 Å². The molecule has 27 heavy (non-hydrogen) atoms. The van der Waals surface area contributed by atoms with Crippen LogP contribution >= 0.6 is 15.9 Å². The average Bonchev–Trinajstić information content (AvgIpc) is 2.68. The molecule has 1 aliphatic rings. The van der Waals surface area contributed by atoms with E-state index in [4.69, 9.17) is 9.72 Å². The van der Waals surface area contributed by atoms with E-state index in [1.807, 2.05) is 36.4 Å². The summed E-state index contributed by atoms with van der Waals surface area (Å²) >= 11 is 3.47. The van der Waals surface area contributed by atoms with Crippen molar-refractivity contribution in [2.45, 2.75) is 19.5 Å². The normalized spacial score (nSPS) is 14.0. The van der Waals surface area contributed by atoms with Crippen molar-refractivity contribution < 1.29 is 4.74 Å². The standard InChI is InChI=1S/C20H19BrN4O2/c1-27-20-14(9-15(21)10-22-20)11-25-8-7-16-17(12-25)23-18(24-19(16)26)13-5-3-2-4-6-13/h2-6,9-10H,7-8,11-12H2,1H3,(H,23,24,26). The summed E-state index contributed by atoms with van der Waals surface area (Å²) < 4.78 is 6.29. The SMILES string of the molecule is COc1ncc(Br)cc1CN1CCc2c(nc(-c3ccccc3)[nH]c2=O)C1. The van der Waals surface area contributed by atoms with E-state index in [9.17, 15) is 4.79 Å². The van der Waals surface area contributed by atoms with Gasteiger partial charge >= 0.3 is 0 Å². The van der Waals surface area contributed by atoms with Crippen LogP contribution in [0.3, 0.4) is 0 Å². The summed E-state index contributed by atoms with van der Waals surface area (Å²) in [6.07, 6.45) is 2.40. The van der Waals surface area contributed by atoms with Crippen LogP contribution in [0.15, 0.2) is 51.9 Å². The number of methoxy groups -OCH3 is 1. The quantitative estimate of drug-likeness (QED) is 0.693. The van der Waals surface area contributed by atoms with Crippen molar-refractivity contribution in [3.8, 4) is 17.3 Å². The molecular weight excluding hydrogens is 408 g/mol. The van der Waals surface area contributed by atoms with Gasteiger partial charge in [0.2, 0.25) is 5.88 Å². The molecule has 1 N–H and O–H groups in total. The van der Waals surface area contributed by atoms with Gasteiger partial charge < -0.3 is 9.72 Å². The molecule has 1 aliphatic heterocycles. The van der Waals surface area contributed by atoms with Crippen LogP contribution in [0.2, 0.25) is 0 Å². The number of hydrogen-bond acceptors (Lipinski definition) is 5. The van der Waals surface area contributed by atoms with Crippen molar-refractivity contribution in [1.82, 2.24) is 19.9 Å². The maximum absolute atomic E-state index is 12.5. The summed E-state index contributed by atoms with van der Waals surface area (Å²) in [5.74, 6) is 1.23. The maximum atomic E-state index is 12.5. The average molecular weight is 427 g/mol. The molecule has 7 heteroatoms. The lowest BCUT2D eigenvalue weighted by Gasteiger charge is -2.28. The first-order valence-electron chi connectivity index (χ1n) is 8.72. The molecule has 3 aromatic rings. The van der Waals surface area contributed by atoms with Gasteiger partial charge in [0, 0.05) is 47.0 Å². The maximum Gasteiger partial charge on any atom is 0.254 e. The Morgan fingerprint density at radius 2 is 2.11 bits per heavy atom. The predicted molar refractivity (Wildman–Crippen MR) is 107 cm³/mol. The molecule has 0 spiro atoms. The number of nitrogens with one attached hydrogen (secondary N) is 1. The first-order chi connectivity index (χ1) is 13.1. The summed E-state index contributed by atoms with van der Waals surface area (Å²) in [5, 5.41) is 0. The Labute approximate surface area is 165 Å². The van der Waals surface area contributed by atoms with Gasteiger partial charge in [-0.05, 0) is 28.4 Å². The van der Waals surface area contributed by atoms with Crippen molar-refractivity contribution in [3.63, 3.8) is 0 Å². The van der Waals surface area contributed by atoms with Gasteiger partial charge in [-0.25, -0.2) is 9.97 Å². The number of rotatable bonds is 4. The molecule has 0 amide bonds. The zero-order valence-electron chi connectivity index (χ0n) is 14.9. The molecule has 0 saturated heterocycles. The second-order valence-corrected chi connectivity index (χ2v) is 7.40. The second kappa shape index (κ2) is 7.62. The molecule has 3 heterocycles. The van der Waals surface area contributed by atoms with Gasteiger partial charge in [-0.2, -0.15) is 0 Å². The molecule has 0 saturated carbocycles. The van der Waals surface area contributed by atoms with E-state index in [-0.39, 0.29) is 5.56 Å². The Morgan fingerprint density at radius 3 is 2.89 bits per heavy atom. The number of halogens is 1. The van der Waals surface area contributed by atoms with Crippen LogP contribution in [0.4, 0.5) is 0 Å². The number of pyridine rings is 1. The highest BCUT2D eigenvalue weighted by atomic mass is 79.9. The number of fused-ring (bicyclic) bond motifs is 1. The Morgan fingerprint density at radius 1 is 1.30 bits per heavy atom. The smallest absolute Gasteiger partial charge is 0.254 e. The van der Waals surface area contributed by atoms with E-state index in [1.54, 1.807) is 13.3 Å². The summed E-state index contributed by atoms with van der Waals surface area (Å²) in [6, 6.07) is 11.7. The molecule has 0 bridgehead atoms. The minimum atomic E-state index is -0.0415. The van der Waals surface area contributed by atoms with E-state index in [0.29, 0.717) is 31.2 Å². The van der Waals surface area contributed by atoms with Crippen molar-refractivity contribution >= 4 is 15.9 Å². The molecule has 1 aromatic carbocycles. The lowest BCUT2D eigenvalue weighted by molar-refractivity contribution is 0.236. The third-order valence-corrected chi connectivity index (χ3v) is 5.11. The Hall–Kier alpha value is -2.51. The molecule has 4 rings (SSSR count). The Kier molecular flexibility index (Phi) is 5.05. The van der Waals surface area contributed by atoms with Gasteiger partial charge in [0.1, 0.15) is 5.82 Å². The van der Waals surface area contributed by atoms with Crippen LogP contribution in [0.5, 0.6) is 5.88 Å². The summed E-state index contributed by atoms with van der Waals surface area (Å²) in [4.78, 5) is 26.7. The van der Waals surface area contributed by atoms with Crippen molar-refractivity contribution in [3.05, 3.63) is 74.2 Å². The molecule has 2 aromatic heterocycles. The zero-order chi connectivity index (χ0) is 18.8. The summed E-state index contributed by atoms with van der Waals surface area (Å²) in [6.45, 7) is 2.09. The fraction of sp³-hybridized carbons (Fsp3) is 0.250. The van der Waals surface area contributed by atoms with Gasteiger partial charge in [-0.1, -0.05) is 30.3 Å². The highest BCUT2D eigenvalue weighted by Gasteiger charge is 2.22. The fourth-order valence-electron chi connectivity index (χ4n) is 3.37. The Bertz CT molecular complexity index is 1020. The van der Waals surface area contributed by atoms with Crippen LogP contribution in [0.25, 0.3) is 11.4 Å². The molecular formula is C20H19BrN4O2. The van der Waals surface area contributed by atoms with Crippen molar-refractivity contribution in [2.75, 3.05) is 13.7 Å². The monoisotopic (exact) mass is 426 g/mol. The predicted octanol–water partition coefficient (Wildman–Crippen LogP) is 3.16. The molecule has 138 valence electrons. The van der Waals surface area contributed by atoms with Gasteiger partial charge in [-0.15, -0.1) is 0 Å². The molecule has 0 fully saturated rings. The third kappa shape index (κ3) is 3.79. The highest BCUT2D eigenvalue weighted by Crippen LogP contribution is 2.24. The summed E-state index contributed by atoms with van der Waals surface area (Å²) in [7, 11) is 1.62. The number of ether oxygens (including phenoxy) is 1. The van der Waals surface area contributed by atoms with E-state index >= 15 is 0 Å². The van der Waals surface area contributed by atoms with Gasteiger partial charge in [0.15, 0.2) is 0 Å². The van der Waals surface area contributed by atoms with Crippen molar-refractivity contribution in [1.29, 1.82) is 0 Å². The topological polar surface area (TPSA) is 71.1 Å². The lowest BCUT2D eigenvalue weighted by Crippen LogP contribution is -2.35. The number of aromatic amines is 1. The number of nitrogens with zero attached hydrogens (tertiary/aromatic N) is 3. The first-order valence-corrected chi connectivity index (χ1v) is 9.51. The molecule has 0 atom stereocenters. The largest absolute Gasteiger partial charge is 0.481 e. The van der Waals surface area contributed by atoms with Crippen molar-refractivity contribution in [2.24, 2.45) is 0 Å². The summed E-state index contributed by atoms with van der Waals surface area (Å²) in [5.41, 5.74) is 3.49. The minimum absolute atomic E-state index is 0.0415. The number of hydrogen-bond donors (Lipinski definition) is 1. The van der Waals surface area contributed by atoms with Gasteiger partial charge in [0.25, 0.3) is 5.56 Å². The molecule has 0 aliphatic carbocycles. The fourth-order valence-corrected chi connectivity index (χ4v) is 3.75. The number of aromatic nitrogens is 3. The van der Waals surface area contributed by atoms with E-state index in [0.717, 1.165) is 33.4 Å². The second-order valence-electron chi connectivity index (χ2n) is 6.49. The number of H-pyrrole nitrogens is 1. The van der Waals surface area contributed by atoms with Gasteiger partial charge in [0.05, 0.1) is 12.8 Å². The molecule has 0 radical (unpaired) electrons. The number of benzene rings is 1. The van der Waals surface area contributed by atoms with Crippen LogP contribution in [0.1, 0.15) is 16.8 Å². The zero-order valence-corrected chi connectivity index (χ0v) is 16.5. The van der Waals surface area contributed by atoms with Crippen LogP contribution in [-0.2, 0) is 19.5 Å². The third-order valence-electron chi connectivity index (χ3n) is 4.68. The van der Waals surface area contributed by atoms with Gasteiger partial charge in [-0.3, -0.25) is 9.69 Å². The van der Waals surface area contributed by atoms with E-state index < -0.39 is 0 Å². The van der Waals surface area contributed by atoms with E-state index in [2.05, 4.69) is 30.8 Å². The Balaban J connectivity index is 1.62. The minimum Gasteiger partial charge on any atom is -0.481 e. The first kappa shape index (κ1) is 17.9.